The van der Waals surface area contributed by atoms with Crippen molar-refractivity contribution in [3.8, 4) is 0 Å². The van der Waals surface area contributed by atoms with Gasteiger partial charge in [-0.25, -0.2) is 0 Å². The van der Waals surface area contributed by atoms with Crippen LogP contribution in [0, 0.1) is 0 Å². The lowest BCUT2D eigenvalue weighted by molar-refractivity contribution is 1.08. The Bertz CT molecular complexity index is 70.4. The number of hydrogen-bond acceptors (Lipinski definition) is 0. The number of nitrogens with zero attached hydrogens (tertiary/aromatic N) is 1. The second kappa shape index (κ2) is 6.28. The van der Waals surface area contributed by atoms with Gasteiger partial charge in [-0.05, 0) is 12.5 Å². The third kappa shape index (κ3) is 5.28. The third-order valence-corrected chi connectivity index (χ3v) is 0.718. The molecular weight excluding hydrogens is 98.1 g/mol. The van der Waals surface area contributed by atoms with Gasteiger partial charge in [-0.3, -0.25) is 5.32 Å². The molecule has 0 bridgehead atoms. The van der Waals surface area contributed by atoms with E-state index in [0.717, 1.165) is 6.42 Å². The van der Waals surface area contributed by atoms with Gasteiger partial charge in [0.15, 0.2) is 0 Å². The summed E-state index contributed by atoms with van der Waals surface area (Å²) in [4.78, 5) is 0. The van der Waals surface area contributed by atoms with Crippen LogP contribution in [0.2, 0.25) is 0 Å². The van der Waals surface area contributed by atoms with Gasteiger partial charge in [-0.15, -0.1) is 0 Å². The van der Waals surface area contributed by atoms with Crippen LogP contribution in [0.1, 0.15) is 13.3 Å². The molecule has 0 fully saturated rings. The SMILES string of the molecule is CCC=CC=C[N]C. The summed E-state index contributed by atoms with van der Waals surface area (Å²) in [5.41, 5.74) is 0. The second-order valence-corrected chi connectivity index (χ2v) is 1.44. The van der Waals surface area contributed by atoms with Crippen molar-refractivity contribution in [1.29, 1.82) is 0 Å². The minimum absolute atomic E-state index is 1.09. The molecule has 0 unspecified atom stereocenters. The van der Waals surface area contributed by atoms with Crippen LogP contribution < -0.4 is 5.32 Å². The van der Waals surface area contributed by atoms with E-state index in [-0.39, 0.29) is 0 Å². The quantitative estimate of drug-likeness (QED) is 0.491. The maximum absolute atomic E-state index is 3.78. The van der Waals surface area contributed by atoms with Gasteiger partial charge in [0.25, 0.3) is 0 Å². The topological polar surface area (TPSA) is 14.1 Å². The summed E-state index contributed by atoms with van der Waals surface area (Å²) in [6.45, 7) is 2.10. The van der Waals surface area contributed by atoms with Crippen LogP contribution in [0.25, 0.3) is 0 Å². The predicted octanol–water partition coefficient (Wildman–Crippen LogP) is 1.70. The Balaban J connectivity index is 3.13. The van der Waals surface area contributed by atoms with Crippen LogP contribution in [0.15, 0.2) is 24.4 Å². The van der Waals surface area contributed by atoms with Crippen molar-refractivity contribution >= 4 is 0 Å². The molecule has 0 aromatic rings. The van der Waals surface area contributed by atoms with Gasteiger partial charge in [-0.2, -0.15) is 0 Å². The summed E-state index contributed by atoms with van der Waals surface area (Å²) in [5, 5.41) is 3.78. The molecule has 0 aromatic carbocycles. The first-order chi connectivity index (χ1) is 3.91. The van der Waals surface area contributed by atoms with E-state index >= 15 is 0 Å². The standard InChI is InChI=1S/C7H12N/c1-3-4-5-6-7-8-2/h4-7H,3H2,1-2H3. The van der Waals surface area contributed by atoms with E-state index in [4.69, 9.17) is 0 Å². The predicted molar refractivity (Wildman–Crippen MR) is 36.6 cm³/mol. The lowest BCUT2D eigenvalue weighted by Crippen LogP contribution is -1.77. The molecule has 0 saturated carbocycles. The Morgan fingerprint density at radius 3 is 2.62 bits per heavy atom. The summed E-state index contributed by atoms with van der Waals surface area (Å²) in [5.74, 6) is 0. The van der Waals surface area contributed by atoms with E-state index in [2.05, 4.69) is 18.3 Å². The molecule has 0 amide bonds. The molecule has 0 aromatic heterocycles. The van der Waals surface area contributed by atoms with Crippen LogP contribution >= 0.6 is 0 Å². The van der Waals surface area contributed by atoms with Gasteiger partial charge in [0.1, 0.15) is 0 Å². The zero-order chi connectivity index (χ0) is 6.24. The van der Waals surface area contributed by atoms with Crippen molar-refractivity contribution in [3.05, 3.63) is 24.4 Å². The molecule has 0 heterocycles. The average Bonchev–Trinajstić information content (AvgIpc) is 1.81. The van der Waals surface area contributed by atoms with Crippen LogP contribution in [0.3, 0.4) is 0 Å². The summed E-state index contributed by atoms with van der Waals surface area (Å²) in [6, 6.07) is 0. The molecular formula is C7H12N. The molecule has 0 aliphatic rings. The van der Waals surface area contributed by atoms with Crippen LogP contribution in [-0.4, -0.2) is 7.05 Å². The van der Waals surface area contributed by atoms with Gasteiger partial charge in [0, 0.05) is 13.2 Å². The summed E-state index contributed by atoms with van der Waals surface area (Å²) >= 11 is 0. The molecule has 0 aliphatic carbocycles. The summed E-state index contributed by atoms with van der Waals surface area (Å²) in [7, 11) is 1.76. The van der Waals surface area contributed by atoms with E-state index in [0.29, 0.717) is 0 Å². The number of hydrogen-bond donors (Lipinski definition) is 0. The number of rotatable bonds is 3. The highest BCUT2D eigenvalue weighted by Crippen LogP contribution is 1.79. The lowest BCUT2D eigenvalue weighted by Gasteiger charge is -1.75. The molecule has 8 heavy (non-hydrogen) atoms. The fourth-order valence-corrected chi connectivity index (χ4v) is 0.350. The van der Waals surface area contributed by atoms with E-state index in [1.807, 2.05) is 12.2 Å². The van der Waals surface area contributed by atoms with Crippen molar-refractivity contribution in [3.63, 3.8) is 0 Å². The van der Waals surface area contributed by atoms with Gasteiger partial charge < -0.3 is 0 Å². The maximum Gasteiger partial charge on any atom is 0.0277 e. The molecule has 0 N–H and O–H groups in total. The normalized spacial score (nSPS) is 11.2. The molecule has 0 saturated heterocycles. The Morgan fingerprint density at radius 2 is 2.12 bits per heavy atom. The van der Waals surface area contributed by atoms with Gasteiger partial charge >= 0.3 is 0 Å². The number of allylic oxidation sites excluding steroid dienone is 3. The Labute approximate surface area is 51.1 Å². The van der Waals surface area contributed by atoms with Crippen LogP contribution in [0.4, 0.5) is 0 Å². The van der Waals surface area contributed by atoms with Crippen molar-refractivity contribution in [2.75, 3.05) is 7.05 Å². The van der Waals surface area contributed by atoms with E-state index in [1.165, 1.54) is 0 Å². The van der Waals surface area contributed by atoms with Crippen LogP contribution in [0.5, 0.6) is 0 Å². The highest BCUT2D eigenvalue weighted by molar-refractivity contribution is 5.00. The Hall–Kier alpha value is -0.720. The van der Waals surface area contributed by atoms with Gasteiger partial charge in [-0.1, -0.05) is 19.1 Å². The Morgan fingerprint density at radius 1 is 1.38 bits per heavy atom. The van der Waals surface area contributed by atoms with Crippen molar-refractivity contribution in [2.24, 2.45) is 0 Å². The molecule has 0 aliphatic heterocycles. The van der Waals surface area contributed by atoms with Crippen molar-refractivity contribution in [2.45, 2.75) is 13.3 Å². The van der Waals surface area contributed by atoms with Crippen molar-refractivity contribution in [1.82, 2.24) is 5.32 Å². The minimum atomic E-state index is 1.09. The van der Waals surface area contributed by atoms with Crippen molar-refractivity contribution < 1.29 is 0 Å². The van der Waals surface area contributed by atoms with Gasteiger partial charge in [0.2, 0.25) is 0 Å². The highest BCUT2D eigenvalue weighted by atomic mass is 14.8. The van der Waals surface area contributed by atoms with E-state index in [9.17, 15) is 0 Å². The summed E-state index contributed by atoms with van der Waals surface area (Å²) < 4.78 is 0. The average molecular weight is 110 g/mol. The molecule has 45 valence electrons. The first-order valence-corrected chi connectivity index (χ1v) is 2.82. The molecule has 1 nitrogen and oxygen atoms in total. The van der Waals surface area contributed by atoms with E-state index in [1.54, 1.807) is 13.2 Å². The smallest absolute Gasteiger partial charge is 0.0277 e. The maximum atomic E-state index is 3.78. The zero-order valence-electron chi connectivity index (χ0n) is 5.46. The molecule has 0 spiro atoms. The fraction of sp³-hybridized carbons (Fsp3) is 0.429. The zero-order valence-corrected chi connectivity index (χ0v) is 5.46. The first-order valence-electron chi connectivity index (χ1n) is 2.82. The third-order valence-electron chi connectivity index (χ3n) is 0.718. The Kier molecular flexibility index (Phi) is 5.71. The first kappa shape index (κ1) is 7.28. The highest BCUT2D eigenvalue weighted by Gasteiger charge is 1.61. The minimum Gasteiger partial charge on any atom is -0.297 e. The molecule has 1 radical (unpaired) electrons. The van der Waals surface area contributed by atoms with Crippen LogP contribution in [-0.2, 0) is 0 Å². The molecule has 1 heteroatoms. The summed E-state index contributed by atoms with van der Waals surface area (Å²) in [6.07, 6.45) is 8.86. The monoisotopic (exact) mass is 110 g/mol. The van der Waals surface area contributed by atoms with E-state index < -0.39 is 0 Å². The largest absolute Gasteiger partial charge is 0.297 e. The molecule has 0 atom stereocenters. The fourth-order valence-electron chi connectivity index (χ4n) is 0.350. The lowest BCUT2D eigenvalue weighted by atomic mass is 10.4. The second-order valence-electron chi connectivity index (χ2n) is 1.44. The molecule has 0 rings (SSSR count). The van der Waals surface area contributed by atoms with Gasteiger partial charge in [0.05, 0.1) is 0 Å².